The topological polar surface area (TPSA) is 65.5 Å². The molecule has 1 aromatic heterocycles. The van der Waals surface area contributed by atoms with Gasteiger partial charge in [0.2, 0.25) is 5.91 Å². The third kappa shape index (κ3) is 5.83. The molecule has 1 aliphatic rings. The van der Waals surface area contributed by atoms with Crippen LogP contribution in [-0.2, 0) is 17.8 Å². The Morgan fingerprint density at radius 3 is 2.21 bits per heavy atom. The zero-order valence-electron chi connectivity index (χ0n) is 18.0. The Bertz CT molecular complexity index is 1090. The number of piperazine rings is 1. The number of halogens is 2. The van der Waals surface area contributed by atoms with Gasteiger partial charge in [-0.2, -0.15) is 0 Å². The van der Waals surface area contributed by atoms with Crippen LogP contribution in [-0.4, -0.2) is 47.9 Å². The first-order valence-electron chi connectivity index (χ1n) is 10.7. The van der Waals surface area contributed by atoms with E-state index < -0.39 is 0 Å². The van der Waals surface area contributed by atoms with Crippen LogP contribution in [0.1, 0.15) is 21.6 Å². The lowest BCUT2D eigenvalue weighted by molar-refractivity contribution is -0.130. The molecule has 2 heterocycles. The molecular weight excluding hydrogens is 459 g/mol. The van der Waals surface area contributed by atoms with Crippen LogP contribution < -0.4 is 10.2 Å². The molecule has 0 atom stereocenters. The molecule has 0 unspecified atom stereocenters. The van der Waals surface area contributed by atoms with Gasteiger partial charge in [0.15, 0.2) is 0 Å². The highest BCUT2D eigenvalue weighted by atomic mass is 35.5. The molecule has 0 aliphatic carbocycles. The Morgan fingerprint density at radius 2 is 1.58 bits per heavy atom. The number of carbonyl (C=O) groups excluding carboxylic acids is 2. The van der Waals surface area contributed by atoms with Gasteiger partial charge < -0.3 is 15.1 Å². The fourth-order valence-corrected chi connectivity index (χ4v) is 4.31. The molecule has 2 aromatic carbocycles. The van der Waals surface area contributed by atoms with Gasteiger partial charge in [0.05, 0.1) is 18.7 Å². The van der Waals surface area contributed by atoms with Crippen LogP contribution in [0.4, 0.5) is 5.69 Å². The van der Waals surface area contributed by atoms with Crippen LogP contribution in [0.2, 0.25) is 10.0 Å². The molecule has 33 heavy (non-hydrogen) atoms. The lowest BCUT2D eigenvalue weighted by Gasteiger charge is -2.36. The Labute approximate surface area is 203 Å². The molecule has 8 heteroatoms. The van der Waals surface area contributed by atoms with E-state index in [1.165, 1.54) is 0 Å². The summed E-state index contributed by atoms with van der Waals surface area (Å²) in [5, 5.41) is 3.91. The molecule has 2 amide bonds. The van der Waals surface area contributed by atoms with Gasteiger partial charge in [-0.3, -0.25) is 14.6 Å². The van der Waals surface area contributed by atoms with E-state index in [0.717, 1.165) is 11.4 Å². The summed E-state index contributed by atoms with van der Waals surface area (Å²) in [6.45, 7) is 3.05. The predicted octanol–water partition coefficient (Wildman–Crippen LogP) is 4.21. The van der Waals surface area contributed by atoms with Gasteiger partial charge in [0, 0.05) is 53.7 Å². The molecule has 0 bridgehead atoms. The number of hydrogen-bond acceptors (Lipinski definition) is 4. The average Bonchev–Trinajstić information content (AvgIpc) is 2.85. The summed E-state index contributed by atoms with van der Waals surface area (Å²) >= 11 is 12.4. The van der Waals surface area contributed by atoms with Gasteiger partial charge in [-0.05, 0) is 54.1 Å². The molecule has 3 aromatic rings. The lowest BCUT2D eigenvalue weighted by Crippen LogP contribution is -2.49. The van der Waals surface area contributed by atoms with Crippen molar-refractivity contribution in [2.75, 3.05) is 31.1 Å². The van der Waals surface area contributed by atoms with Crippen molar-refractivity contribution in [1.29, 1.82) is 0 Å². The largest absolute Gasteiger partial charge is 0.368 e. The molecule has 1 N–H and O–H groups in total. The van der Waals surface area contributed by atoms with Gasteiger partial charge in [-0.25, -0.2) is 0 Å². The maximum atomic E-state index is 12.7. The van der Waals surface area contributed by atoms with Crippen molar-refractivity contribution in [2.45, 2.75) is 13.0 Å². The van der Waals surface area contributed by atoms with E-state index in [9.17, 15) is 9.59 Å². The number of aromatic nitrogens is 1. The van der Waals surface area contributed by atoms with E-state index in [1.807, 2.05) is 47.4 Å². The summed E-state index contributed by atoms with van der Waals surface area (Å²) in [7, 11) is 0. The highest BCUT2D eigenvalue weighted by Crippen LogP contribution is 2.25. The van der Waals surface area contributed by atoms with Crippen molar-refractivity contribution >= 4 is 40.7 Å². The van der Waals surface area contributed by atoms with Crippen molar-refractivity contribution < 1.29 is 9.59 Å². The smallest absolute Gasteiger partial charge is 0.251 e. The van der Waals surface area contributed by atoms with E-state index in [1.54, 1.807) is 24.4 Å². The summed E-state index contributed by atoms with van der Waals surface area (Å²) < 4.78 is 0. The first-order valence-corrected chi connectivity index (χ1v) is 11.5. The van der Waals surface area contributed by atoms with E-state index in [-0.39, 0.29) is 18.2 Å². The average molecular weight is 483 g/mol. The maximum Gasteiger partial charge on any atom is 0.251 e. The van der Waals surface area contributed by atoms with Crippen LogP contribution in [0.25, 0.3) is 0 Å². The first kappa shape index (κ1) is 23.1. The van der Waals surface area contributed by atoms with Gasteiger partial charge in [0.1, 0.15) is 0 Å². The van der Waals surface area contributed by atoms with Crippen molar-refractivity contribution in [3.8, 4) is 0 Å². The quantitative estimate of drug-likeness (QED) is 0.571. The van der Waals surface area contributed by atoms with Crippen LogP contribution in [0.3, 0.4) is 0 Å². The van der Waals surface area contributed by atoms with Crippen molar-refractivity contribution in [3.63, 3.8) is 0 Å². The number of amides is 2. The molecule has 170 valence electrons. The normalized spacial score (nSPS) is 13.6. The molecule has 1 saturated heterocycles. The van der Waals surface area contributed by atoms with Crippen molar-refractivity contribution in [2.24, 2.45) is 0 Å². The molecule has 0 saturated carbocycles. The molecule has 4 rings (SSSR count). The Hall–Kier alpha value is -3.09. The predicted molar refractivity (Wildman–Crippen MR) is 131 cm³/mol. The minimum Gasteiger partial charge on any atom is -0.368 e. The fraction of sp³-hybridized carbons (Fsp3) is 0.240. The van der Waals surface area contributed by atoms with E-state index >= 15 is 0 Å². The summed E-state index contributed by atoms with van der Waals surface area (Å²) in [5.74, 6) is -0.120. The van der Waals surface area contributed by atoms with E-state index in [0.29, 0.717) is 53.9 Å². The number of anilines is 1. The highest BCUT2D eigenvalue weighted by Gasteiger charge is 2.23. The minimum absolute atomic E-state index is 0.0181. The number of benzene rings is 2. The number of nitrogens with one attached hydrogen (secondary N) is 1. The Kier molecular flexibility index (Phi) is 7.47. The molecule has 0 spiro atoms. The van der Waals surface area contributed by atoms with Crippen LogP contribution >= 0.6 is 23.2 Å². The third-order valence-electron chi connectivity index (χ3n) is 5.67. The highest BCUT2D eigenvalue weighted by molar-refractivity contribution is 6.36. The van der Waals surface area contributed by atoms with E-state index in [4.69, 9.17) is 23.2 Å². The Balaban J connectivity index is 1.29. The van der Waals surface area contributed by atoms with Gasteiger partial charge >= 0.3 is 0 Å². The third-order valence-corrected chi connectivity index (χ3v) is 6.38. The lowest BCUT2D eigenvalue weighted by atomic mass is 10.1. The SMILES string of the molecule is O=C(NCc1ccccn1)c1ccc(N2CCN(C(=O)Cc3c(Cl)cccc3Cl)CC2)cc1. The van der Waals surface area contributed by atoms with Crippen LogP contribution in [0, 0.1) is 0 Å². The van der Waals surface area contributed by atoms with Gasteiger partial charge in [0.25, 0.3) is 5.91 Å². The number of hydrogen-bond donors (Lipinski definition) is 1. The Morgan fingerprint density at radius 1 is 0.879 bits per heavy atom. The second-order valence-corrected chi connectivity index (χ2v) is 8.61. The van der Waals surface area contributed by atoms with Gasteiger partial charge in [-0.1, -0.05) is 35.3 Å². The molecule has 0 radical (unpaired) electrons. The number of carbonyl (C=O) groups is 2. The standard InChI is InChI=1S/C25H24Cl2N4O2/c26-22-5-3-6-23(27)21(22)16-24(32)31-14-12-30(13-15-31)20-9-7-18(8-10-20)25(33)29-17-19-4-1-2-11-28-19/h1-11H,12-17H2,(H,29,33). The number of pyridine rings is 1. The number of rotatable bonds is 6. The molecule has 6 nitrogen and oxygen atoms in total. The first-order chi connectivity index (χ1) is 16.0. The number of nitrogens with zero attached hydrogens (tertiary/aromatic N) is 3. The zero-order valence-corrected chi connectivity index (χ0v) is 19.5. The van der Waals surface area contributed by atoms with Crippen LogP contribution in [0.15, 0.2) is 66.9 Å². The van der Waals surface area contributed by atoms with Crippen molar-refractivity contribution in [1.82, 2.24) is 15.2 Å². The summed E-state index contributed by atoms with van der Waals surface area (Å²) in [4.78, 5) is 33.4. The van der Waals surface area contributed by atoms with E-state index in [2.05, 4.69) is 15.2 Å². The van der Waals surface area contributed by atoms with Gasteiger partial charge in [-0.15, -0.1) is 0 Å². The van der Waals surface area contributed by atoms with Crippen molar-refractivity contribution in [3.05, 3.63) is 93.7 Å². The molecular formula is C25H24Cl2N4O2. The second-order valence-electron chi connectivity index (χ2n) is 7.80. The fourth-order valence-electron chi connectivity index (χ4n) is 3.78. The minimum atomic E-state index is -0.138. The summed E-state index contributed by atoms with van der Waals surface area (Å²) in [6.07, 6.45) is 1.90. The molecule has 1 aliphatic heterocycles. The summed E-state index contributed by atoms with van der Waals surface area (Å²) in [6, 6.07) is 18.4. The summed E-state index contributed by atoms with van der Waals surface area (Å²) in [5.41, 5.74) is 3.11. The maximum absolute atomic E-state index is 12.7. The second kappa shape index (κ2) is 10.7. The zero-order chi connectivity index (χ0) is 23.2. The van der Waals surface area contributed by atoms with Crippen LogP contribution in [0.5, 0.6) is 0 Å². The monoisotopic (exact) mass is 482 g/mol. The molecule has 1 fully saturated rings.